The topological polar surface area (TPSA) is 146 Å². The number of aliphatic carboxylic acids is 1. The highest BCUT2D eigenvalue weighted by Crippen LogP contribution is 2.49. The molecule has 0 aliphatic heterocycles. The van der Waals surface area contributed by atoms with Crippen LogP contribution in [0.5, 0.6) is 0 Å². The number of pyridine rings is 1. The minimum atomic E-state index is -1.15. The van der Waals surface area contributed by atoms with Gasteiger partial charge in [0.2, 0.25) is 0 Å². The van der Waals surface area contributed by atoms with Gasteiger partial charge in [-0.15, -0.1) is 0 Å². The number of rotatable bonds is 5. The van der Waals surface area contributed by atoms with Gasteiger partial charge in [-0.25, -0.2) is 19.4 Å². The Hall–Kier alpha value is -3.82. The summed E-state index contributed by atoms with van der Waals surface area (Å²) in [5.74, 6) is 0.338. The number of anilines is 1. The lowest BCUT2D eigenvalue weighted by molar-refractivity contribution is -0.153. The van der Waals surface area contributed by atoms with E-state index in [0.29, 0.717) is 35.3 Å². The summed E-state index contributed by atoms with van der Waals surface area (Å²) >= 11 is 0. The van der Waals surface area contributed by atoms with E-state index in [1.807, 2.05) is 18.2 Å². The van der Waals surface area contributed by atoms with Crippen molar-refractivity contribution in [2.24, 2.45) is 0 Å². The predicted molar refractivity (Wildman–Crippen MR) is 110 cm³/mol. The summed E-state index contributed by atoms with van der Waals surface area (Å²) in [7, 11) is 0. The average Bonchev–Trinajstić information content (AvgIpc) is 3.37. The van der Waals surface area contributed by atoms with Crippen molar-refractivity contribution in [3.05, 3.63) is 36.5 Å². The first kappa shape index (κ1) is 18.0. The molecule has 0 radical (unpaired) electrons. The third kappa shape index (κ3) is 2.50. The highest BCUT2D eigenvalue weighted by atomic mass is 16.5. The minimum absolute atomic E-state index is 0.217. The minimum Gasteiger partial charge on any atom is -0.479 e. The van der Waals surface area contributed by atoms with Gasteiger partial charge in [0.25, 0.3) is 0 Å². The van der Waals surface area contributed by atoms with Crippen LogP contribution in [0.2, 0.25) is 0 Å². The molecule has 2 saturated carbocycles. The molecule has 0 saturated heterocycles. The number of carboxylic acid groups (broad SMARTS) is 1. The van der Waals surface area contributed by atoms with E-state index in [1.165, 1.54) is 11.0 Å². The molecule has 4 aromatic heterocycles. The fourth-order valence-corrected chi connectivity index (χ4v) is 4.31. The van der Waals surface area contributed by atoms with Gasteiger partial charge in [-0.2, -0.15) is 5.10 Å². The summed E-state index contributed by atoms with van der Waals surface area (Å²) < 4.78 is 7.24. The number of nitrogens with zero attached hydrogens (tertiary/aromatic N) is 6. The first-order chi connectivity index (χ1) is 15.1. The number of nitrogen functional groups attached to an aromatic ring is 1. The Balaban J connectivity index is 1.65. The Kier molecular flexibility index (Phi) is 3.68. The van der Waals surface area contributed by atoms with E-state index < -0.39 is 11.5 Å². The quantitative estimate of drug-likeness (QED) is 0.500. The molecule has 2 aliphatic rings. The molecular weight excluding hydrogens is 398 g/mol. The van der Waals surface area contributed by atoms with Crippen molar-refractivity contribution in [1.29, 1.82) is 0 Å². The van der Waals surface area contributed by atoms with Gasteiger partial charge >= 0.3 is 5.97 Å². The predicted octanol–water partition coefficient (Wildman–Crippen LogP) is 2.97. The van der Waals surface area contributed by atoms with Gasteiger partial charge in [-0.05, 0) is 44.2 Å². The SMILES string of the molecule is Nc1ncnc2c1c(-c1noc(C3CC3)c1-c1ccccn1)nn2C1(C(=O)O)CCC1. The van der Waals surface area contributed by atoms with Crippen LogP contribution < -0.4 is 5.73 Å². The van der Waals surface area contributed by atoms with E-state index in [2.05, 4.69) is 20.1 Å². The third-order valence-corrected chi connectivity index (χ3v) is 6.29. The van der Waals surface area contributed by atoms with Crippen LogP contribution in [0.1, 0.15) is 43.8 Å². The van der Waals surface area contributed by atoms with Gasteiger partial charge in [0.05, 0.1) is 16.6 Å². The molecule has 10 nitrogen and oxygen atoms in total. The molecule has 0 aromatic carbocycles. The van der Waals surface area contributed by atoms with E-state index in [0.717, 1.165) is 36.3 Å². The fourth-order valence-electron chi connectivity index (χ4n) is 4.31. The molecule has 0 amide bonds. The highest BCUT2D eigenvalue weighted by molar-refractivity contribution is 6.01. The molecule has 3 N–H and O–H groups in total. The first-order valence-electron chi connectivity index (χ1n) is 10.2. The molecule has 156 valence electrons. The highest BCUT2D eigenvalue weighted by Gasteiger charge is 2.49. The molecule has 10 heteroatoms. The van der Waals surface area contributed by atoms with Crippen LogP contribution >= 0.6 is 0 Å². The van der Waals surface area contributed by atoms with Crippen LogP contribution in [0.3, 0.4) is 0 Å². The van der Waals surface area contributed by atoms with E-state index >= 15 is 0 Å². The van der Waals surface area contributed by atoms with Gasteiger partial charge in [0.15, 0.2) is 11.2 Å². The molecular formula is C21H19N7O3. The summed E-state index contributed by atoms with van der Waals surface area (Å²) in [6.07, 6.45) is 6.84. The normalized spacial score (nSPS) is 17.5. The molecule has 2 aliphatic carbocycles. The smallest absolute Gasteiger partial charge is 0.331 e. The molecule has 31 heavy (non-hydrogen) atoms. The zero-order valence-electron chi connectivity index (χ0n) is 16.5. The molecule has 6 rings (SSSR count). The maximum absolute atomic E-state index is 12.2. The monoisotopic (exact) mass is 417 g/mol. The number of hydrogen-bond donors (Lipinski definition) is 2. The molecule has 4 aromatic rings. The van der Waals surface area contributed by atoms with Crippen molar-refractivity contribution in [2.45, 2.75) is 43.6 Å². The van der Waals surface area contributed by atoms with Gasteiger partial charge in [-0.3, -0.25) is 4.98 Å². The van der Waals surface area contributed by atoms with Crippen molar-refractivity contribution in [3.8, 4) is 22.6 Å². The van der Waals surface area contributed by atoms with Gasteiger partial charge in [0.1, 0.15) is 29.3 Å². The van der Waals surface area contributed by atoms with E-state index in [-0.39, 0.29) is 11.7 Å². The Morgan fingerprint density at radius 2 is 2.03 bits per heavy atom. The van der Waals surface area contributed by atoms with Gasteiger partial charge < -0.3 is 15.4 Å². The van der Waals surface area contributed by atoms with Gasteiger partial charge in [-0.1, -0.05) is 11.2 Å². The molecule has 0 bridgehead atoms. The summed E-state index contributed by atoms with van der Waals surface area (Å²) in [4.78, 5) is 25.2. The maximum Gasteiger partial charge on any atom is 0.331 e. The number of nitrogens with two attached hydrogens (primary N) is 1. The Labute approximate surface area is 176 Å². The van der Waals surface area contributed by atoms with Crippen LogP contribution in [0.25, 0.3) is 33.7 Å². The van der Waals surface area contributed by atoms with E-state index in [1.54, 1.807) is 6.20 Å². The molecule has 0 unspecified atom stereocenters. The third-order valence-electron chi connectivity index (χ3n) is 6.29. The summed E-state index contributed by atoms with van der Waals surface area (Å²) in [5.41, 5.74) is 7.83. The molecule has 4 heterocycles. The summed E-state index contributed by atoms with van der Waals surface area (Å²) in [6.45, 7) is 0. The number of fused-ring (bicyclic) bond motifs is 1. The molecule has 2 fully saturated rings. The summed E-state index contributed by atoms with van der Waals surface area (Å²) in [6, 6.07) is 5.64. The van der Waals surface area contributed by atoms with Crippen molar-refractivity contribution >= 4 is 22.8 Å². The number of carbonyl (C=O) groups is 1. The standard InChI is InChI=1S/C21H19N7O3/c22-18-14-15(26-28(19(14)25-10-24-18)21(20(29)30)7-3-8-21)16-13(12-4-1-2-9-23-12)17(31-27-16)11-5-6-11/h1-2,4,9-11H,3,5-8H2,(H,29,30)(H2,22,24,25). The lowest BCUT2D eigenvalue weighted by Gasteiger charge is -2.37. The zero-order valence-corrected chi connectivity index (χ0v) is 16.5. The molecule has 0 atom stereocenters. The maximum atomic E-state index is 12.2. The van der Waals surface area contributed by atoms with Crippen molar-refractivity contribution in [2.75, 3.05) is 5.73 Å². The van der Waals surface area contributed by atoms with E-state index in [9.17, 15) is 9.90 Å². The second-order valence-corrected chi connectivity index (χ2v) is 8.17. The second-order valence-electron chi connectivity index (χ2n) is 8.17. The van der Waals surface area contributed by atoms with Crippen LogP contribution in [-0.4, -0.2) is 41.0 Å². The Morgan fingerprint density at radius 1 is 1.19 bits per heavy atom. The average molecular weight is 417 g/mol. The number of carboxylic acids is 1. The van der Waals surface area contributed by atoms with Crippen molar-refractivity contribution in [1.82, 2.24) is 29.9 Å². The van der Waals surface area contributed by atoms with Crippen molar-refractivity contribution < 1.29 is 14.4 Å². The molecule has 0 spiro atoms. The Morgan fingerprint density at radius 3 is 2.68 bits per heavy atom. The van der Waals surface area contributed by atoms with Gasteiger partial charge in [0, 0.05) is 12.1 Å². The Bertz CT molecular complexity index is 1320. The largest absolute Gasteiger partial charge is 0.479 e. The first-order valence-corrected chi connectivity index (χ1v) is 10.2. The van der Waals surface area contributed by atoms with E-state index in [4.69, 9.17) is 15.4 Å². The fraction of sp³-hybridized carbons (Fsp3) is 0.333. The second kappa shape index (κ2) is 6.34. The van der Waals surface area contributed by atoms with Crippen LogP contribution in [0, 0.1) is 0 Å². The van der Waals surface area contributed by atoms with Crippen LogP contribution in [0.15, 0.2) is 35.2 Å². The zero-order chi connectivity index (χ0) is 21.2. The van der Waals surface area contributed by atoms with Crippen LogP contribution in [-0.2, 0) is 10.3 Å². The lowest BCUT2D eigenvalue weighted by Crippen LogP contribution is -2.48. The van der Waals surface area contributed by atoms with Crippen molar-refractivity contribution in [3.63, 3.8) is 0 Å². The number of hydrogen-bond acceptors (Lipinski definition) is 8. The number of aromatic nitrogens is 6. The summed E-state index contributed by atoms with van der Waals surface area (Å²) in [5, 5.41) is 19.5. The van der Waals surface area contributed by atoms with Crippen LogP contribution in [0.4, 0.5) is 5.82 Å². The lowest BCUT2D eigenvalue weighted by atomic mass is 9.77.